The maximum atomic E-state index is 14.1. The van der Waals surface area contributed by atoms with E-state index in [9.17, 15) is 18.0 Å². The van der Waals surface area contributed by atoms with Crippen LogP contribution in [0.25, 0.3) is 0 Å². The molecule has 0 saturated heterocycles. The van der Waals surface area contributed by atoms with Crippen LogP contribution in [0.4, 0.5) is 5.69 Å². The number of anilines is 1. The number of nitrogens with zero attached hydrogens (tertiary/aromatic N) is 2. The SMILES string of the molecule is CC[C@@H](C)NC(=O)[C@H](Cc1ccccc1)N(Cc1ccc(Br)cc1)C(=O)CN(c1ccc(OC)cc1)S(C)(=O)=O. The number of benzene rings is 3. The Balaban J connectivity index is 2.04. The summed E-state index contributed by atoms with van der Waals surface area (Å²) in [5.41, 5.74) is 2.01. The van der Waals surface area contributed by atoms with Crippen LogP contribution in [0.15, 0.2) is 83.3 Å². The maximum Gasteiger partial charge on any atom is 0.244 e. The van der Waals surface area contributed by atoms with Crippen LogP contribution >= 0.6 is 15.9 Å². The minimum atomic E-state index is -3.83. The largest absolute Gasteiger partial charge is 0.497 e. The molecule has 0 aliphatic heterocycles. The Hall–Kier alpha value is -3.37. The van der Waals surface area contributed by atoms with Gasteiger partial charge in [0, 0.05) is 23.5 Å². The highest BCUT2D eigenvalue weighted by atomic mass is 79.9. The smallest absolute Gasteiger partial charge is 0.244 e. The highest BCUT2D eigenvalue weighted by molar-refractivity contribution is 9.10. The third-order valence-electron chi connectivity index (χ3n) is 6.58. The van der Waals surface area contributed by atoms with Gasteiger partial charge in [0.25, 0.3) is 0 Å². The van der Waals surface area contributed by atoms with Crippen molar-refractivity contribution in [1.82, 2.24) is 10.2 Å². The average Bonchev–Trinajstić information content (AvgIpc) is 2.94. The van der Waals surface area contributed by atoms with Crippen LogP contribution in [0.3, 0.4) is 0 Å². The molecule has 8 nitrogen and oxygen atoms in total. The summed E-state index contributed by atoms with van der Waals surface area (Å²) in [6.45, 7) is 3.54. The van der Waals surface area contributed by atoms with Crippen molar-refractivity contribution < 1.29 is 22.7 Å². The highest BCUT2D eigenvalue weighted by Crippen LogP contribution is 2.23. The molecule has 0 unspecified atom stereocenters. The summed E-state index contributed by atoms with van der Waals surface area (Å²) < 4.78 is 32.8. The molecule has 10 heteroatoms. The van der Waals surface area contributed by atoms with Crippen molar-refractivity contribution in [2.24, 2.45) is 0 Å². The molecule has 2 atom stereocenters. The summed E-state index contributed by atoms with van der Waals surface area (Å²) in [5, 5.41) is 3.02. The number of amides is 2. The number of carbonyl (C=O) groups is 2. The Labute approximate surface area is 245 Å². The van der Waals surface area contributed by atoms with Gasteiger partial charge in [-0.05, 0) is 60.9 Å². The second kappa shape index (κ2) is 14.3. The van der Waals surface area contributed by atoms with Crippen molar-refractivity contribution in [1.29, 1.82) is 0 Å². The lowest BCUT2D eigenvalue weighted by molar-refractivity contribution is -0.140. The van der Waals surface area contributed by atoms with Gasteiger partial charge in [0.15, 0.2) is 0 Å². The normalized spacial score (nSPS) is 12.7. The second-order valence-electron chi connectivity index (χ2n) is 9.64. The maximum absolute atomic E-state index is 14.1. The number of ether oxygens (including phenoxy) is 1. The zero-order chi connectivity index (χ0) is 29.3. The van der Waals surface area contributed by atoms with Gasteiger partial charge in [0.2, 0.25) is 21.8 Å². The number of hydrogen-bond donors (Lipinski definition) is 1. The van der Waals surface area contributed by atoms with E-state index in [1.165, 1.54) is 12.0 Å². The molecule has 0 aromatic heterocycles. The van der Waals surface area contributed by atoms with Gasteiger partial charge < -0.3 is 15.0 Å². The van der Waals surface area contributed by atoms with Crippen molar-refractivity contribution >= 4 is 43.5 Å². The molecule has 0 bridgehead atoms. The molecule has 2 amide bonds. The predicted molar refractivity (Wildman–Crippen MR) is 162 cm³/mol. The molecule has 214 valence electrons. The fraction of sp³-hybridized carbons (Fsp3) is 0.333. The number of halogens is 1. The van der Waals surface area contributed by atoms with Gasteiger partial charge >= 0.3 is 0 Å². The summed E-state index contributed by atoms with van der Waals surface area (Å²) >= 11 is 3.44. The van der Waals surface area contributed by atoms with E-state index in [0.717, 1.165) is 32.6 Å². The third-order valence-corrected chi connectivity index (χ3v) is 8.25. The predicted octanol–water partition coefficient (Wildman–Crippen LogP) is 4.78. The van der Waals surface area contributed by atoms with Crippen LogP contribution in [0.5, 0.6) is 5.75 Å². The zero-order valence-electron chi connectivity index (χ0n) is 23.2. The van der Waals surface area contributed by atoms with Crippen molar-refractivity contribution in [3.8, 4) is 5.75 Å². The number of nitrogens with one attached hydrogen (secondary N) is 1. The van der Waals surface area contributed by atoms with Crippen molar-refractivity contribution in [3.63, 3.8) is 0 Å². The molecule has 40 heavy (non-hydrogen) atoms. The summed E-state index contributed by atoms with van der Waals surface area (Å²) in [4.78, 5) is 29.2. The van der Waals surface area contributed by atoms with Gasteiger partial charge in [-0.25, -0.2) is 8.42 Å². The van der Waals surface area contributed by atoms with Gasteiger partial charge in [-0.15, -0.1) is 0 Å². The number of rotatable bonds is 13. The Morgan fingerprint density at radius 2 is 1.57 bits per heavy atom. The number of sulfonamides is 1. The molecule has 0 heterocycles. The summed E-state index contributed by atoms with van der Waals surface area (Å²) in [5.74, 6) is -0.228. The first-order valence-corrected chi connectivity index (χ1v) is 15.7. The minimum absolute atomic E-state index is 0.0952. The average molecular weight is 631 g/mol. The van der Waals surface area contributed by atoms with Gasteiger partial charge in [-0.3, -0.25) is 13.9 Å². The number of methoxy groups -OCH3 is 1. The van der Waals surface area contributed by atoms with Crippen LogP contribution in [0.2, 0.25) is 0 Å². The molecule has 0 fully saturated rings. The molecule has 1 N–H and O–H groups in total. The Bertz CT molecular complexity index is 1370. The molecule has 0 aliphatic carbocycles. The molecule has 3 aromatic carbocycles. The second-order valence-corrected chi connectivity index (χ2v) is 12.5. The number of hydrogen-bond acceptors (Lipinski definition) is 5. The monoisotopic (exact) mass is 629 g/mol. The standard InChI is InChI=1S/C30H36BrN3O5S/c1-5-22(2)32-30(36)28(19-23-9-7-6-8-10-23)33(20-24-11-13-25(31)14-12-24)29(35)21-34(40(4,37)38)26-15-17-27(39-3)18-16-26/h6-18,22,28H,5,19-21H2,1-4H3,(H,32,36)/t22-,28+/m1/s1. The topological polar surface area (TPSA) is 96.0 Å². The van der Waals surface area contributed by atoms with E-state index in [-0.39, 0.29) is 24.9 Å². The Morgan fingerprint density at radius 3 is 2.12 bits per heavy atom. The van der Waals surface area contributed by atoms with Gasteiger partial charge in [-0.1, -0.05) is 65.3 Å². The lowest BCUT2D eigenvalue weighted by atomic mass is 10.0. The summed E-state index contributed by atoms with van der Waals surface area (Å²) in [6.07, 6.45) is 2.05. The lowest BCUT2D eigenvalue weighted by Gasteiger charge is -2.34. The molecule has 0 saturated carbocycles. The van der Waals surface area contributed by atoms with E-state index in [1.54, 1.807) is 24.3 Å². The fourth-order valence-corrected chi connectivity index (χ4v) is 5.26. The molecule has 0 radical (unpaired) electrons. The van der Waals surface area contributed by atoms with E-state index >= 15 is 0 Å². The van der Waals surface area contributed by atoms with E-state index in [4.69, 9.17) is 4.74 Å². The third kappa shape index (κ3) is 8.82. The van der Waals surface area contributed by atoms with Crippen molar-refractivity contribution in [2.45, 2.75) is 45.3 Å². The lowest BCUT2D eigenvalue weighted by Crippen LogP contribution is -2.54. The van der Waals surface area contributed by atoms with E-state index in [1.807, 2.05) is 68.4 Å². The van der Waals surface area contributed by atoms with E-state index < -0.39 is 28.5 Å². The quantitative estimate of drug-likeness (QED) is 0.294. The molecular weight excluding hydrogens is 594 g/mol. The molecular formula is C30H36BrN3O5S. The van der Waals surface area contributed by atoms with Gasteiger partial charge in [-0.2, -0.15) is 0 Å². The summed E-state index contributed by atoms with van der Waals surface area (Å²) in [6, 6.07) is 22.4. The van der Waals surface area contributed by atoms with Crippen molar-refractivity contribution in [2.75, 3.05) is 24.2 Å². The molecule has 0 aliphatic rings. The Kier molecular flexibility index (Phi) is 11.2. The van der Waals surface area contributed by atoms with Crippen LogP contribution in [0, 0.1) is 0 Å². The molecule has 0 spiro atoms. The van der Waals surface area contributed by atoms with E-state index in [0.29, 0.717) is 11.4 Å². The van der Waals surface area contributed by atoms with Crippen LogP contribution in [0.1, 0.15) is 31.4 Å². The van der Waals surface area contributed by atoms with Crippen LogP contribution in [-0.2, 0) is 32.6 Å². The summed E-state index contributed by atoms with van der Waals surface area (Å²) in [7, 11) is -2.32. The van der Waals surface area contributed by atoms with Gasteiger partial charge in [0.05, 0.1) is 19.1 Å². The number of carbonyl (C=O) groups excluding carboxylic acids is 2. The Morgan fingerprint density at radius 1 is 0.950 bits per heavy atom. The minimum Gasteiger partial charge on any atom is -0.497 e. The van der Waals surface area contributed by atoms with Gasteiger partial charge in [0.1, 0.15) is 18.3 Å². The first kappa shape index (κ1) is 31.2. The van der Waals surface area contributed by atoms with Crippen LogP contribution < -0.4 is 14.4 Å². The first-order valence-electron chi connectivity index (χ1n) is 13.0. The van der Waals surface area contributed by atoms with E-state index in [2.05, 4.69) is 21.2 Å². The van der Waals surface area contributed by atoms with Crippen LogP contribution in [-0.4, -0.2) is 57.1 Å². The highest BCUT2D eigenvalue weighted by Gasteiger charge is 2.33. The first-order chi connectivity index (χ1) is 19.0. The molecule has 3 rings (SSSR count). The fourth-order valence-electron chi connectivity index (χ4n) is 4.14. The van der Waals surface area contributed by atoms with Crippen molar-refractivity contribution in [3.05, 3.63) is 94.5 Å². The zero-order valence-corrected chi connectivity index (χ0v) is 25.6. The molecule has 3 aromatic rings.